The molecular formula is C59H102. The highest BCUT2D eigenvalue weighted by Crippen LogP contribution is 2.59. The van der Waals surface area contributed by atoms with Crippen LogP contribution in [-0.2, 0) is 17.3 Å². The molecule has 0 nitrogen and oxygen atoms in total. The summed E-state index contributed by atoms with van der Waals surface area (Å²) in [6.07, 6.45) is 18.7. The average molecular weight is 811 g/mol. The molecule has 3 aliphatic carbocycles. The van der Waals surface area contributed by atoms with Gasteiger partial charge in [0.25, 0.3) is 0 Å². The second-order valence-electron chi connectivity index (χ2n) is 28.1. The average Bonchev–Trinajstić information content (AvgIpc) is 3.07. The standard InChI is InChI=1S/C21H40.C21H28.C17H34/c2*1-20(2,3)18-11-7-16(8-12-18)15-17-9-13-19(14-10-17)21(4,5)6;1-14(2,3)13-10-16(7,8)12-17(9,11-13)15(4,5)6/h16-19H,7-15H2,1-6H3;7-14H,15H2,1-6H3;13H,10-12H2,1-9H3. The molecule has 3 aliphatic rings. The molecule has 0 bridgehead atoms. The zero-order chi connectivity index (χ0) is 45.0. The maximum atomic E-state index is 2.52. The lowest BCUT2D eigenvalue weighted by Crippen LogP contribution is -2.46. The van der Waals surface area contributed by atoms with Crippen molar-refractivity contribution < 1.29 is 0 Å². The second-order valence-corrected chi connectivity index (χ2v) is 28.1. The Morgan fingerprint density at radius 2 is 0.746 bits per heavy atom. The van der Waals surface area contributed by atoms with Gasteiger partial charge in [0.05, 0.1) is 0 Å². The van der Waals surface area contributed by atoms with Crippen LogP contribution in [0.25, 0.3) is 0 Å². The summed E-state index contributed by atoms with van der Waals surface area (Å²) in [5.74, 6) is 4.92. The zero-order valence-corrected chi connectivity index (χ0v) is 43.7. The molecule has 0 amide bonds. The summed E-state index contributed by atoms with van der Waals surface area (Å²) in [5, 5.41) is 0. The summed E-state index contributed by atoms with van der Waals surface area (Å²) in [6.45, 7) is 50.1. The molecule has 0 radical (unpaired) electrons. The van der Waals surface area contributed by atoms with Gasteiger partial charge in [0.2, 0.25) is 0 Å². The maximum absolute atomic E-state index is 2.52. The van der Waals surface area contributed by atoms with E-state index in [1.54, 1.807) is 6.42 Å². The fourth-order valence-corrected chi connectivity index (χ4v) is 11.1. The molecule has 2 atom stereocenters. The smallest absolute Gasteiger partial charge is 0.00258 e. The molecule has 0 aliphatic heterocycles. The first-order valence-electron chi connectivity index (χ1n) is 24.8. The van der Waals surface area contributed by atoms with Gasteiger partial charge >= 0.3 is 0 Å². The number of rotatable bonds is 4. The first-order chi connectivity index (χ1) is 26.6. The van der Waals surface area contributed by atoms with Crippen LogP contribution in [0.2, 0.25) is 0 Å². The quantitative estimate of drug-likeness (QED) is 0.289. The molecule has 5 rings (SSSR count). The first-order valence-corrected chi connectivity index (χ1v) is 24.8. The molecule has 2 unspecified atom stereocenters. The van der Waals surface area contributed by atoms with Crippen LogP contribution in [0.5, 0.6) is 0 Å². The number of hydrogen-bond acceptors (Lipinski definition) is 0. The normalized spacial score (nSPS) is 27.2. The van der Waals surface area contributed by atoms with Crippen LogP contribution < -0.4 is 0 Å². The van der Waals surface area contributed by atoms with Crippen LogP contribution in [0.15, 0.2) is 48.5 Å². The van der Waals surface area contributed by atoms with Crippen LogP contribution in [0.3, 0.4) is 0 Å². The molecule has 59 heavy (non-hydrogen) atoms. The highest BCUT2D eigenvalue weighted by Gasteiger charge is 2.49. The van der Waals surface area contributed by atoms with Gasteiger partial charge in [0.15, 0.2) is 0 Å². The Morgan fingerprint density at radius 3 is 1.02 bits per heavy atom. The lowest BCUT2D eigenvalue weighted by Gasteiger charge is -2.56. The SMILES string of the molecule is CC(C)(C)C1CCC(CC2CCC(C(C)(C)C)CC2)CC1.CC(C)(C)c1ccc(Cc2ccc(C(C)(C)C)cc2)cc1.CC1(C)CC(C(C)(C)C)CC(C)(C(C)(C)C)C1. The highest BCUT2D eigenvalue weighted by atomic mass is 14.5. The van der Waals surface area contributed by atoms with Crippen LogP contribution >= 0.6 is 0 Å². The van der Waals surface area contributed by atoms with Gasteiger partial charge in [0.1, 0.15) is 0 Å². The Kier molecular flexibility index (Phi) is 17.1. The van der Waals surface area contributed by atoms with Crippen LogP contribution in [0, 0.1) is 62.1 Å². The van der Waals surface area contributed by atoms with Gasteiger partial charge in [-0.3, -0.25) is 0 Å². The van der Waals surface area contributed by atoms with Crippen molar-refractivity contribution in [2.75, 3.05) is 0 Å². The largest absolute Gasteiger partial charge is 0.0599 e. The van der Waals surface area contributed by atoms with Crippen LogP contribution in [-0.4, -0.2) is 0 Å². The van der Waals surface area contributed by atoms with E-state index in [-0.39, 0.29) is 10.8 Å². The Hall–Kier alpha value is -1.56. The van der Waals surface area contributed by atoms with Gasteiger partial charge in [0, 0.05) is 0 Å². The number of benzene rings is 2. The minimum absolute atomic E-state index is 0.229. The highest BCUT2D eigenvalue weighted by molar-refractivity contribution is 5.34. The second kappa shape index (κ2) is 19.5. The van der Waals surface area contributed by atoms with E-state index in [0.717, 1.165) is 36.0 Å². The van der Waals surface area contributed by atoms with Crippen molar-refractivity contribution in [3.63, 3.8) is 0 Å². The third-order valence-corrected chi connectivity index (χ3v) is 16.3. The predicted octanol–water partition coefficient (Wildman–Crippen LogP) is 18.9. The summed E-state index contributed by atoms with van der Waals surface area (Å²) >= 11 is 0. The molecule has 0 heterocycles. The van der Waals surface area contributed by atoms with E-state index in [4.69, 9.17) is 0 Å². The van der Waals surface area contributed by atoms with E-state index in [1.165, 1.54) is 92.9 Å². The molecule has 338 valence electrons. The Labute approximate surface area is 371 Å². The van der Waals surface area contributed by atoms with E-state index in [9.17, 15) is 0 Å². The van der Waals surface area contributed by atoms with Gasteiger partial charge in [-0.25, -0.2) is 0 Å². The summed E-state index contributed by atoms with van der Waals surface area (Å²) < 4.78 is 0. The number of hydrogen-bond donors (Lipinski definition) is 0. The first kappa shape index (κ1) is 51.8. The van der Waals surface area contributed by atoms with Gasteiger partial charge in [-0.1, -0.05) is 220 Å². The van der Waals surface area contributed by atoms with Crippen molar-refractivity contribution in [3.8, 4) is 0 Å². The fourth-order valence-electron chi connectivity index (χ4n) is 11.1. The van der Waals surface area contributed by atoms with E-state index in [1.807, 2.05) is 0 Å². The molecular weight excluding hydrogens is 709 g/mol. The van der Waals surface area contributed by atoms with Crippen LogP contribution in [0.1, 0.15) is 245 Å². The Balaban J connectivity index is 0.000000238. The van der Waals surface area contributed by atoms with E-state index >= 15 is 0 Å². The molecule has 0 spiro atoms. The molecule has 2 aromatic carbocycles. The Bertz CT molecular complexity index is 1420. The fraction of sp³-hybridized carbons (Fsp3) is 0.797. The predicted molar refractivity (Wildman–Crippen MR) is 266 cm³/mol. The van der Waals surface area contributed by atoms with E-state index in [2.05, 4.69) is 194 Å². The van der Waals surface area contributed by atoms with Crippen molar-refractivity contribution in [2.24, 2.45) is 62.1 Å². The van der Waals surface area contributed by atoms with Crippen LogP contribution in [0.4, 0.5) is 0 Å². The van der Waals surface area contributed by atoms with Crippen molar-refractivity contribution in [1.29, 1.82) is 0 Å². The lowest BCUT2D eigenvalue weighted by molar-refractivity contribution is -0.0549. The summed E-state index contributed by atoms with van der Waals surface area (Å²) in [5.41, 5.74) is 8.93. The van der Waals surface area contributed by atoms with E-state index in [0.29, 0.717) is 32.5 Å². The van der Waals surface area contributed by atoms with Crippen molar-refractivity contribution in [1.82, 2.24) is 0 Å². The van der Waals surface area contributed by atoms with Gasteiger partial charge < -0.3 is 0 Å². The lowest BCUT2D eigenvalue weighted by atomic mass is 9.49. The third-order valence-electron chi connectivity index (χ3n) is 16.3. The van der Waals surface area contributed by atoms with Gasteiger partial charge in [-0.15, -0.1) is 0 Å². The maximum Gasteiger partial charge on any atom is -0.00258 e. The monoisotopic (exact) mass is 811 g/mol. The molecule has 0 N–H and O–H groups in total. The van der Waals surface area contributed by atoms with Gasteiger partial charge in [-0.2, -0.15) is 0 Å². The minimum Gasteiger partial charge on any atom is -0.0599 e. The molecule has 3 saturated carbocycles. The Morgan fingerprint density at radius 1 is 0.424 bits per heavy atom. The summed E-state index contributed by atoms with van der Waals surface area (Å²) in [7, 11) is 0. The van der Waals surface area contributed by atoms with Crippen molar-refractivity contribution in [2.45, 2.75) is 240 Å². The molecule has 3 fully saturated rings. The van der Waals surface area contributed by atoms with Crippen molar-refractivity contribution >= 4 is 0 Å². The topological polar surface area (TPSA) is 0 Å². The van der Waals surface area contributed by atoms with E-state index < -0.39 is 0 Å². The molecule has 0 heteroatoms. The zero-order valence-electron chi connectivity index (χ0n) is 43.7. The van der Waals surface area contributed by atoms with Crippen molar-refractivity contribution in [3.05, 3.63) is 70.8 Å². The molecule has 2 aromatic rings. The third kappa shape index (κ3) is 16.3. The summed E-state index contributed by atoms with van der Waals surface area (Å²) in [6, 6.07) is 18.1. The van der Waals surface area contributed by atoms with Gasteiger partial charge in [-0.05, 0) is 153 Å². The molecule has 0 saturated heterocycles. The summed E-state index contributed by atoms with van der Waals surface area (Å²) in [4.78, 5) is 0. The minimum atomic E-state index is 0.229. The molecule has 0 aromatic heterocycles.